The van der Waals surface area contributed by atoms with Gasteiger partial charge < -0.3 is 18.8 Å². The molecule has 0 saturated heterocycles. The van der Waals surface area contributed by atoms with Gasteiger partial charge >= 0.3 is 6.18 Å². The summed E-state index contributed by atoms with van der Waals surface area (Å²) < 4.78 is 75.4. The molecule has 2 atom stereocenters. The predicted octanol–water partition coefficient (Wildman–Crippen LogP) is 4.18. The van der Waals surface area contributed by atoms with Gasteiger partial charge in [-0.05, 0) is 49.6 Å². The minimum atomic E-state index is -4.66. The number of aliphatic hydroxyl groups excluding tert-OH is 1. The van der Waals surface area contributed by atoms with Gasteiger partial charge in [0.25, 0.3) is 0 Å². The molecule has 2 unspecified atom stereocenters. The molecule has 1 fully saturated rings. The van der Waals surface area contributed by atoms with Gasteiger partial charge in [-0.2, -0.15) is 13.2 Å². The number of ether oxygens (including phenoxy) is 1. The molecule has 12 heteroatoms. The van der Waals surface area contributed by atoms with E-state index >= 15 is 0 Å². The highest BCUT2D eigenvalue weighted by atomic mass is 35.5. The Hall–Kier alpha value is -2.44. The first-order valence-electron chi connectivity index (χ1n) is 10.1. The number of nitrogens with one attached hydrogen (secondary N) is 1. The van der Waals surface area contributed by atoms with Crippen LogP contribution in [0.3, 0.4) is 0 Å². The molecule has 1 aromatic heterocycles. The van der Waals surface area contributed by atoms with Crippen LogP contribution in [0.4, 0.5) is 13.2 Å². The van der Waals surface area contributed by atoms with Crippen LogP contribution in [0.15, 0.2) is 51.7 Å². The third-order valence-electron chi connectivity index (χ3n) is 5.49. The van der Waals surface area contributed by atoms with Crippen molar-refractivity contribution in [2.24, 2.45) is 0 Å². The summed E-state index contributed by atoms with van der Waals surface area (Å²) in [6.07, 6.45) is -4.76. The van der Waals surface area contributed by atoms with Crippen molar-refractivity contribution in [1.82, 2.24) is 4.72 Å². The zero-order valence-corrected chi connectivity index (χ0v) is 18.9. The van der Waals surface area contributed by atoms with Crippen molar-refractivity contribution in [2.45, 2.75) is 37.1 Å². The molecule has 3 aromatic rings. The summed E-state index contributed by atoms with van der Waals surface area (Å²) in [7, 11) is 0. The number of para-hydroxylation sites is 1. The van der Waals surface area contributed by atoms with Crippen molar-refractivity contribution < 1.29 is 36.2 Å². The van der Waals surface area contributed by atoms with Gasteiger partial charge in [0, 0.05) is 22.9 Å². The summed E-state index contributed by atoms with van der Waals surface area (Å²) in [5, 5.41) is 10.7. The van der Waals surface area contributed by atoms with Crippen LogP contribution in [-0.4, -0.2) is 32.1 Å². The standard InChI is InChI=1S/C22H19ClF3NO6S/c23-16-3-1-2-14-17(29)9-19(33-20(14)16)15-5-4-12(22(24,25)26)8-18(15)32-11-13(28)10-21(6-7-21)27-34(30)31/h1-5,8-9,13,27-28H,6-7,10-11H2,(H,30,31)/p-1. The van der Waals surface area contributed by atoms with E-state index in [4.69, 9.17) is 20.8 Å². The number of fused-ring (bicyclic) bond motifs is 1. The Morgan fingerprint density at radius 1 is 1.26 bits per heavy atom. The molecule has 7 nitrogen and oxygen atoms in total. The fourth-order valence-corrected chi connectivity index (χ4v) is 4.52. The lowest BCUT2D eigenvalue weighted by Crippen LogP contribution is -2.37. The third kappa shape index (κ3) is 5.44. The normalized spacial score (nSPS) is 16.9. The van der Waals surface area contributed by atoms with Crippen molar-refractivity contribution >= 4 is 33.8 Å². The van der Waals surface area contributed by atoms with Crippen molar-refractivity contribution in [3.05, 3.63) is 63.3 Å². The number of hydrogen-bond donors (Lipinski definition) is 2. The van der Waals surface area contributed by atoms with Gasteiger partial charge in [0.05, 0.1) is 27.6 Å². The molecule has 1 aliphatic carbocycles. The van der Waals surface area contributed by atoms with Gasteiger partial charge in [-0.25, -0.2) is 4.72 Å². The van der Waals surface area contributed by atoms with Crippen molar-refractivity contribution in [3.8, 4) is 17.1 Å². The van der Waals surface area contributed by atoms with Crippen LogP contribution < -0.4 is 14.9 Å². The number of aliphatic hydroxyl groups is 1. The van der Waals surface area contributed by atoms with Gasteiger partial charge in [-0.15, -0.1) is 0 Å². The van der Waals surface area contributed by atoms with Crippen LogP contribution in [0.2, 0.25) is 5.02 Å². The summed E-state index contributed by atoms with van der Waals surface area (Å²) in [6, 6.07) is 8.38. The average molecular weight is 517 g/mol. The Morgan fingerprint density at radius 3 is 2.65 bits per heavy atom. The second kappa shape index (κ2) is 9.31. The fourth-order valence-electron chi connectivity index (χ4n) is 3.67. The summed E-state index contributed by atoms with van der Waals surface area (Å²) in [5.74, 6) is -0.334. The maximum Gasteiger partial charge on any atom is 0.416 e. The molecule has 1 heterocycles. The molecule has 0 amide bonds. The quantitative estimate of drug-likeness (QED) is 0.434. The van der Waals surface area contributed by atoms with Gasteiger partial charge in [0.15, 0.2) is 11.0 Å². The molecule has 0 aliphatic heterocycles. The third-order valence-corrected chi connectivity index (χ3v) is 6.39. The van der Waals surface area contributed by atoms with E-state index in [1.807, 2.05) is 0 Å². The first kappa shape index (κ1) is 24.7. The van der Waals surface area contributed by atoms with Gasteiger partial charge in [0.1, 0.15) is 18.1 Å². The van der Waals surface area contributed by atoms with Crippen LogP contribution in [0.1, 0.15) is 24.8 Å². The maximum atomic E-state index is 13.3. The van der Waals surface area contributed by atoms with E-state index in [1.165, 1.54) is 12.1 Å². The van der Waals surface area contributed by atoms with Gasteiger partial charge in [-0.3, -0.25) is 9.00 Å². The Kier molecular flexibility index (Phi) is 6.76. The highest BCUT2D eigenvalue weighted by Gasteiger charge is 2.44. The number of rotatable bonds is 8. The van der Waals surface area contributed by atoms with Crippen LogP contribution in [-0.2, 0) is 17.4 Å². The van der Waals surface area contributed by atoms with E-state index in [0.717, 1.165) is 24.3 Å². The first-order valence-corrected chi connectivity index (χ1v) is 11.5. The van der Waals surface area contributed by atoms with Gasteiger partial charge in [0.2, 0.25) is 0 Å². The summed E-state index contributed by atoms with van der Waals surface area (Å²) in [5.41, 5.74) is -2.10. The topological polar surface area (TPSA) is 112 Å². The van der Waals surface area contributed by atoms with E-state index < -0.39 is 46.7 Å². The molecule has 1 aliphatic rings. The Morgan fingerprint density at radius 2 is 2.00 bits per heavy atom. The lowest BCUT2D eigenvalue weighted by molar-refractivity contribution is -0.137. The molecule has 0 spiro atoms. The fraction of sp³-hybridized carbons (Fsp3) is 0.318. The predicted molar refractivity (Wildman–Crippen MR) is 118 cm³/mol. The minimum Gasteiger partial charge on any atom is -0.760 e. The van der Waals surface area contributed by atoms with E-state index in [1.54, 1.807) is 6.07 Å². The van der Waals surface area contributed by atoms with Crippen molar-refractivity contribution in [2.75, 3.05) is 6.61 Å². The number of benzene rings is 2. The summed E-state index contributed by atoms with van der Waals surface area (Å²) in [6.45, 7) is -0.415. The van der Waals surface area contributed by atoms with E-state index in [2.05, 4.69) is 4.72 Å². The van der Waals surface area contributed by atoms with Crippen molar-refractivity contribution in [3.63, 3.8) is 0 Å². The second-order valence-corrected chi connectivity index (χ2v) is 9.17. The van der Waals surface area contributed by atoms with Crippen molar-refractivity contribution in [1.29, 1.82) is 0 Å². The zero-order chi connectivity index (χ0) is 24.7. The number of alkyl halides is 3. The lowest BCUT2D eigenvalue weighted by atomic mass is 10.1. The van der Waals surface area contributed by atoms with Crippen LogP contribution in [0.25, 0.3) is 22.3 Å². The smallest absolute Gasteiger partial charge is 0.416 e. The molecular formula is C22H18ClF3NO6S-. The van der Waals surface area contributed by atoms with Crippen LogP contribution >= 0.6 is 11.6 Å². The SMILES string of the molecule is O=c1cc(-c2ccc(C(F)(F)F)cc2OCC(O)CC2(NS(=O)[O-])CC2)oc2c(Cl)cccc12. The maximum absolute atomic E-state index is 13.3. The molecule has 2 aromatic carbocycles. The molecule has 4 rings (SSSR count). The lowest BCUT2D eigenvalue weighted by Gasteiger charge is -2.22. The Balaban J connectivity index is 1.66. The highest BCUT2D eigenvalue weighted by molar-refractivity contribution is 7.77. The summed E-state index contributed by atoms with van der Waals surface area (Å²) in [4.78, 5) is 12.5. The monoisotopic (exact) mass is 516 g/mol. The van der Waals surface area contributed by atoms with Crippen LogP contribution in [0.5, 0.6) is 5.75 Å². The largest absolute Gasteiger partial charge is 0.760 e. The molecule has 1 saturated carbocycles. The molecule has 0 bridgehead atoms. The Bertz CT molecular complexity index is 1310. The Labute approximate surface area is 198 Å². The minimum absolute atomic E-state index is 0.0238. The van der Waals surface area contributed by atoms with Gasteiger partial charge in [-0.1, -0.05) is 17.7 Å². The van der Waals surface area contributed by atoms with E-state index in [0.29, 0.717) is 12.8 Å². The first-order chi connectivity index (χ1) is 16.0. The zero-order valence-electron chi connectivity index (χ0n) is 17.4. The second-order valence-electron chi connectivity index (χ2n) is 8.09. The number of hydrogen-bond acceptors (Lipinski definition) is 6. The highest BCUT2D eigenvalue weighted by Crippen LogP contribution is 2.41. The average Bonchev–Trinajstić information content (AvgIpc) is 3.49. The molecule has 0 radical (unpaired) electrons. The van der Waals surface area contributed by atoms with E-state index in [9.17, 15) is 31.8 Å². The number of halogens is 4. The van der Waals surface area contributed by atoms with Crippen LogP contribution in [0, 0.1) is 0 Å². The summed E-state index contributed by atoms with van der Waals surface area (Å²) >= 11 is 3.61. The molecular weight excluding hydrogens is 499 g/mol. The molecule has 2 N–H and O–H groups in total. The molecule has 34 heavy (non-hydrogen) atoms. The molecule has 182 valence electrons. The van der Waals surface area contributed by atoms with E-state index in [-0.39, 0.29) is 39.5 Å².